The van der Waals surface area contributed by atoms with Crippen LogP contribution in [-0.2, 0) is 5.41 Å². The second-order valence-electron chi connectivity index (χ2n) is 5.87. The Balaban J connectivity index is 2.63. The standard InChI is InChI=1S/C16H21BrN2/c1-5-9-18-15-12(16(2,3)4)10-11-7-6-8-13(17)14(11)19-15/h6-8,10H,5,9H2,1-4H3,(H,18,19). The SMILES string of the molecule is CCCNc1nc2c(Br)cccc2cc1C(C)(C)C. The van der Waals surface area contributed by atoms with E-state index in [1.807, 2.05) is 6.07 Å². The fourth-order valence-electron chi connectivity index (χ4n) is 2.11. The Hall–Kier alpha value is -1.09. The van der Waals surface area contributed by atoms with Crippen molar-refractivity contribution in [3.63, 3.8) is 0 Å². The van der Waals surface area contributed by atoms with Crippen molar-refractivity contribution < 1.29 is 0 Å². The van der Waals surface area contributed by atoms with Gasteiger partial charge in [-0.1, -0.05) is 39.8 Å². The van der Waals surface area contributed by atoms with Crippen LogP contribution in [-0.4, -0.2) is 11.5 Å². The number of benzene rings is 1. The Labute approximate surface area is 123 Å². The molecule has 0 saturated heterocycles. The number of hydrogen-bond donors (Lipinski definition) is 1. The molecule has 0 saturated carbocycles. The zero-order chi connectivity index (χ0) is 14.0. The highest BCUT2D eigenvalue weighted by Gasteiger charge is 2.20. The lowest BCUT2D eigenvalue weighted by molar-refractivity contribution is 0.590. The van der Waals surface area contributed by atoms with E-state index >= 15 is 0 Å². The Morgan fingerprint density at radius 1 is 1.26 bits per heavy atom. The average molecular weight is 321 g/mol. The van der Waals surface area contributed by atoms with E-state index in [9.17, 15) is 0 Å². The maximum atomic E-state index is 4.82. The fraction of sp³-hybridized carbons (Fsp3) is 0.438. The molecule has 1 heterocycles. The van der Waals surface area contributed by atoms with Gasteiger partial charge in [0.25, 0.3) is 0 Å². The lowest BCUT2D eigenvalue weighted by atomic mass is 9.86. The number of rotatable bonds is 3. The van der Waals surface area contributed by atoms with Crippen LogP contribution in [0.1, 0.15) is 39.7 Å². The van der Waals surface area contributed by atoms with Crippen LogP contribution in [0.4, 0.5) is 5.82 Å². The van der Waals surface area contributed by atoms with Crippen LogP contribution in [0.25, 0.3) is 10.9 Å². The van der Waals surface area contributed by atoms with Crippen molar-refractivity contribution in [3.8, 4) is 0 Å². The summed E-state index contributed by atoms with van der Waals surface area (Å²) in [5, 5.41) is 4.64. The van der Waals surface area contributed by atoms with Crippen LogP contribution >= 0.6 is 15.9 Å². The molecule has 1 aromatic carbocycles. The summed E-state index contributed by atoms with van der Waals surface area (Å²) in [6, 6.07) is 8.46. The third kappa shape index (κ3) is 3.08. The van der Waals surface area contributed by atoms with Crippen LogP contribution in [0.15, 0.2) is 28.7 Å². The molecule has 1 N–H and O–H groups in total. The highest BCUT2D eigenvalue weighted by atomic mass is 79.9. The number of para-hydroxylation sites is 1. The second-order valence-corrected chi connectivity index (χ2v) is 6.73. The normalized spacial score (nSPS) is 11.8. The van der Waals surface area contributed by atoms with E-state index in [0.29, 0.717) is 0 Å². The quantitative estimate of drug-likeness (QED) is 0.849. The van der Waals surface area contributed by atoms with Crippen molar-refractivity contribution in [1.29, 1.82) is 0 Å². The number of anilines is 1. The molecule has 0 fully saturated rings. The molecule has 19 heavy (non-hydrogen) atoms. The van der Waals surface area contributed by atoms with Crippen LogP contribution in [0.3, 0.4) is 0 Å². The Kier molecular flexibility index (Phi) is 4.14. The highest BCUT2D eigenvalue weighted by molar-refractivity contribution is 9.10. The van der Waals surface area contributed by atoms with E-state index in [0.717, 1.165) is 28.8 Å². The van der Waals surface area contributed by atoms with Crippen molar-refractivity contribution in [1.82, 2.24) is 4.98 Å². The largest absolute Gasteiger partial charge is 0.370 e. The predicted octanol–water partition coefficient (Wildman–Crippen LogP) is 5.12. The van der Waals surface area contributed by atoms with E-state index in [-0.39, 0.29) is 5.41 Å². The molecular weight excluding hydrogens is 300 g/mol. The summed E-state index contributed by atoms with van der Waals surface area (Å²) < 4.78 is 1.05. The lowest BCUT2D eigenvalue weighted by Crippen LogP contribution is -2.16. The number of halogens is 1. The van der Waals surface area contributed by atoms with Gasteiger partial charge in [0, 0.05) is 22.0 Å². The fourth-order valence-corrected chi connectivity index (χ4v) is 2.58. The molecule has 1 aromatic heterocycles. The molecule has 0 spiro atoms. The predicted molar refractivity (Wildman–Crippen MR) is 86.9 cm³/mol. The molecule has 3 heteroatoms. The molecule has 0 bridgehead atoms. The van der Waals surface area contributed by atoms with Crippen molar-refractivity contribution in [2.75, 3.05) is 11.9 Å². The van der Waals surface area contributed by atoms with E-state index in [1.54, 1.807) is 0 Å². The van der Waals surface area contributed by atoms with E-state index in [2.05, 4.69) is 67.1 Å². The molecule has 0 atom stereocenters. The lowest BCUT2D eigenvalue weighted by Gasteiger charge is -2.23. The molecule has 0 aliphatic carbocycles. The molecule has 0 amide bonds. The van der Waals surface area contributed by atoms with Gasteiger partial charge in [-0.25, -0.2) is 4.98 Å². The number of pyridine rings is 1. The Morgan fingerprint density at radius 3 is 2.63 bits per heavy atom. The first-order valence-corrected chi connectivity index (χ1v) is 7.56. The minimum Gasteiger partial charge on any atom is -0.370 e. The summed E-state index contributed by atoms with van der Waals surface area (Å²) in [5.41, 5.74) is 2.38. The summed E-state index contributed by atoms with van der Waals surface area (Å²) in [6.45, 7) is 9.80. The van der Waals surface area contributed by atoms with Crippen LogP contribution in [0.2, 0.25) is 0 Å². The summed E-state index contributed by atoms with van der Waals surface area (Å²) in [5.74, 6) is 1.01. The van der Waals surface area contributed by atoms with Gasteiger partial charge in [-0.15, -0.1) is 0 Å². The number of nitrogens with one attached hydrogen (secondary N) is 1. The summed E-state index contributed by atoms with van der Waals surface area (Å²) in [4.78, 5) is 4.82. The third-order valence-corrected chi connectivity index (χ3v) is 3.79. The van der Waals surface area contributed by atoms with Gasteiger partial charge in [-0.2, -0.15) is 0 Å². The van der Waals surface area contributed by atoms with Gasteiger partial charge in [-0.05, 0) is 39.9 Å². The van der Waals surface area contributed by atoms with E-state index < -0.39 is 0 Å². The van der Waals surface area contributed by atoms with Gasteiger partial charge in [-0.3, -0.25) is 0 Å². The maximum absolute atomic E-state index is 4.82. The minimum absolute atomic E-state index is 0.0829. The van der Waals surface area contributed by atoms with E-state index in [4.69, 9.17) is 4.98 Å². The molecule has 0 unspecified atom stereocenters. The molecule has 0 aliphatic rings. The smallest absolute Gasteiger partial charge is 0.130 e. The number of fused-ring (bicyclic) bond motifs is 1. The first-order chi connectivity index (χ1) is 8.93. The van der Waals surface area contributed by atoms with Gasteiger partial charge in [0.1, 0.15) is 5.82 Å². The van der Waals surface area contributed by atoms with E-state index in [1.165, 1.54) is 10.9 Å². The van der Waals surface area contributed by atoms with Gasteiger partial charge in [0.05, 0.1) is 5.52 Å². The maximum Gasteiger partial charge on any atom is 0.130 e. The molecule has 2 rings (SSSR count). The van der Waals surface area contributed by atoms with Gasteiger partial charge < -0.3 is 5.32 Å². The first kappa shape index (κ1) is 14.3. The molecule has 2 aromatic rings. The highest BCUT2D eigenvalue weighted by Crippen LogP contribution is 2.33. The molecule has 102 valence electrons. The summed E-state index contributed by atoms with van der Waals surface area (Å²) >= 11 is 3.58. The average Bonchev–Trinajstić information content (AvgIpc) is 2.35. The zero-order valence-corrected chi connectivity index (χ0v) is 13.6. The van der Waals surface area contributed by atoms with Crippen molar-refractivity contribution in [2.45, 2.75) is 39.5 Å². The van der Waals surface area contributed by atoms with Crippen molar-refractivity contribution in [3.05, 3.63) is 34.3 Å². The minimum atomic E-state index is 0.0829. The van der Waals surface area contributed by atoms with Gasteiger partial charge >= 0.3 is 0 Å². The molecule has 0 radical (unpaired) electrons. The zero-order valence-electron chi connectivity index (χ0n) is 12.0. The summed E-state index contributed by atoms with van der Waals surface area (Å²) in [6.07, 6.45) is 1.10. The second kappa shape index (κ2) is 5.49. The van der Waals surface area contributed by atoms with Gasteiger partial charge in [0.2, 0.25) is 0 Å². The monoisotopic (exact) mass is 320 g/mol. The molecule has 0 aliphatic heterocycles. The van der Waals surface area contributed by atoms with Gasteiger partial charge in [0.15, 0.2) is 0 Å². The Morgan fingerprint density at radius 2 is 2.00 bits per heavy atom. The molecular formula is C16H21BrN2. The van der Waals surface area contributed by atoms with Crippen LogP contribution in [0.5, 0.6) is 0 Å². The number of nitrogens with zero attached hydrogens (tertiary/aromatic N) is 1. The number of aromatic nitrogens is 1. The first-order valence-electron chi connectivity index (χ1n) is 6.77. The topological polar surface area (TPSA) is 24.9 Å². The molecule has 2 nitrogen and oxygen atoms in total. The number of hydrogen-bond acceptors (Lipinski definition) is 2. The van der Waals surface area contributed by atoms with Crippen molar-refractivity contribution >= 4 is 32.7 Å². The van der Waals surface area contributed by atoms with Crippen LogP contribution < -0.4 is 5.32 Å². The Bertz CT molecular complexity index is 585. The summed E-state index contributed by atoms with van der Waals surface area (Å²) in [7, 11) is 0. The third-order valence-electron chi connectivity index (χ3n) is 3.15. The van der Waals surface area contributed by atoms with Crippen molar-refractivity contribution in [2.24, 2.45) is 0 Å². The van der Waals surface area contributed by atoms with Crippen LogP contribution in [0, 0.1) is 0 Å².